The van der Waals surface area contributed by atoms with E-state index in [4.69, 9.17) is 4.98 Å². The number of benzene rings is 4. The summed E-state index contributed by atoms with van der Waals surface area (Å²) < 4.78 is 2.25. The highest BCUT2D eigenvalue weighted by molar-refractivity contribution is 6.19. The molecule has 0 aliphatic heterocycles. The van der Waals surface area contributed by atoms with Crippen molar-refractivity contribution in [2.45, 2.75) is 0 Å². The second-order valence-electron chi connectivity index (χ2n) is 7.19. The molecule has 4 aromatic carbocycles. The number of hydrogen-bond acceptors (Lipinski definition) is 2. The van der Waals surface area contributed by atoms with E-state index in [0.717, 1.165) is 22.3 Å². The second kappa shape index (κ2) is 5.64. The van der Waals surface area contributed by atoms with E-state index < -0.39 is 0 Å². The van der Waals surface area contributed by atoms with Crippen LogP contribution in [0, 0.1) is 0 Å². The summed E-state index contributed by atoms with van der Waals surface area (Å²) in [6, 6.07) is 27.7. The van der Waals surface area contributed by atoms with Crippen molar-refractivity contribution in [1.29, 1.82) is 0 Å². The van der Waals surface area contributed by atoms with Crippen LogP contribution in [0.15, 0.2) is 85.2 Å². The van der Waals surface area contributed by atoms with E-state index in [1.165, 1.54) is 32.4 Å². The normalized spacial score (nSPS) is 11.8. The molecule has 6 rings (SSSR count). The maximum absolute atomic E-state index is 4.73. The average molecular weight is 359 g/mol. The van der Waals surface area contributed by atoms with Gasteiger partial charge in [-0.3, -0.25) is 0 Å². The first-order chi connectivity index (χ1) is 13.8. The van der Waals surface area contributed by atoms with Gasteiger partial charge in [0.15, 0.2) is 0 Å². The molecule has 0 saturated carbocycles. The first kappa shape index (κ1) is 15.3. The van der Waals surface area contributed by atoms with Gasteiger partial charge in [0.25, 0.3) is 0 Å². The Kier molecular flexibility index (Phi) is 3.09. The topological polar surface area (TPSA) is 30.7 Å². The molecule has 0 fully saturated rings. The molecule has 3 heteroatoms. The summed E-state index contributed by atoms with van der Waals surface area (Å²) >= 11 is 0. The first-order valence-electron chi connectivity index (χ1n) is 9.42. The minimum absolute atomic E-state index is 0.976. The van der Waals surface area contributed by atoms with Crippen LogP contribution in [0.1, 0.15) is 0 Å². The Hall–Kier alpha value is -3.72. The summed E-state index contributed by atoms with van der Waals surface area (Å²) in [6.07, 6.45) is 1.69. The van der Waals surface area contributed by atoms with Crippen LogP contribution in [-0.4, -0.2) is 14.5 Å². The Bertz CT molecular complexity index is 1520. The minimum atomic E-state index is 0.976. The molecule has 28 heavy (non-hydrogen) atoms. The van der Waals surface area contributed by atoms with Gasteiger partial charge in [0.1, 0.15) is 11.8 Å². The van der Waals surface area contributed by atoms with Crippen LogP contribution in [-0.2, 0) is 7.05 Å². The molecule has 0 unspecified atom stereocenters. The highest BCUT2D eigenvalue weighted by Gasteiger charge is 2.18. The van der Waals surface area contributed by atoms with Gasteiger partial charge >= 0.3 is 0 Å². The van der Waals surface area contributed by atoms with Crippen LogP contribution in [0.4, 0.5) is 0 Å². The average Bonchev–Trinajstić information content (AvgIpc) is 3.06. The molecule has 2 aromatic heterocycles. The van der Waals surface area contributed by atoms with Crippen LogP contribution in [0.3, 0.4) is 0 Å². The number of hydrogen-bond donors (Lipinski definition) is 0. The Balaban J connectivity index is 1.81. The van der Waals surface area contributed by atoms with Gasteiger partial charge in [-0.05, 0) is 22.2 Å². The smallest absolute Gasteiger partial charge is 0.116 e. The van der Waals surface area contributed by atoms with E-state index in [1.54, 1.807) is 6.33 Å². The van der Waals surface area contributed by atoms with Crippen molar-refractivity contribution in [2.75, 3.05) is 0 Å². The molecule has 0 aliphatic rings. The Labute approximate surface area is 161 Å². The number of aryl methyl sites for hydroxylation is 1. The number of aromatic nitrogens is 3. The van der Waals surface area contributed by atoms with Crippen LogP contribution in [0.25, 0.3) is 54.7 Å². The Morgan fingerprint density at radius 2 is 1.32 bits per heavy atom. The highest BCUT2D eigenvalue weighted by Crippen LogP contribution is 2.37. The third-order valence-electron chi connectivity index (χ3n) is 5.69. The molecule has 2 heterocycles. The van der Waals surface area contributed by atoms with Crippen molar-refractivity contribution >= 4 is 43.5 Å². The molecule has 3 nitrogen and oxygen atoms in total. The summed E-state index contributed by atoms with van der Waals surface area (Å²) in [5.41, 5.74) is 5.40. The molecule has 0 radical (unpaired) electrons. The third-order valence-corrected chi connectivity index (χ3v) is 5.69. The summed E-state index contributed by atoms with van der Waals surface area (Å²) in [6.45, 7) is 0. The standard InChI is InChI=1S/C25H17N3/c1-28-24-19-11-5-3-8-17(19)13-14-21(24)23-25(28)22(26-15-27-23)20-12-6-9-16-7-2-4-10-18(16)20/h2-15H,1H3. The molecular formula is C25H17N3. The summed E-state index contributed by atoms with van der Waals surface area (Å²) in [7, 11) is 2.12. The molecule has 0 atom stereocenters. The largest absolute Gasteiger partial charge is 0.340 e. The van der Waals surface area contributed by atoms with Crippen molar-refractivity contribution in [3.63, 3.8) is 0 Å². The second-order valence-corrected chi connectivity index (χ2v) is 7.19. The molecule has 0 spiro atoms. The Morgan fingerprint density at radius 3 is 2.18 bits per heavy atom. The van der Waals surface area contributed by atoms with E-state index in [-0.39, 0.29) is 0 Å². The quantitative estimate of drug-likeness (QED) is 0.355. The van der Waals surface area contributed by atoms with E-state index in [1.807, 2.05) is 0 Å². The van der Waals surface area contributed by atoms with Gasteiger partial charge in [0.2, 0.25) is 0 Å². The van der Waals surface area contributed by atoms with Gasteiger partial charge in [-0.15, -0.1) is 0 Å². The molecule has 132 valence electrons. The van der Waals surface area contributed by atoms with E-state index >= 15 is 0 Å². The number of nitrogens with zero attached hydrogens (tertiary/aromatic N) is 3. The number of fused-ring (bicyclic) bond motifs is 6. The van der Waals surface area contributed by atoms with Crippen LogP contribution < -0.4 is 0 Å². The maximum atomic E-state index is 4.73. The minimum Gasteiger partial charge on any atom is -0.340 e. The molecule has 0 bridgehead atoms. The molecule has 0 aliphatic carbocycles. The molecule has 0 saturated heterocycles. The zero-order valence-electron chi connectivity index (χ0n) is 15.4. The fourth-order valence-corrected chi connectivity index (χ4v) is 4.44. The lowest BCUT2D eigenvalue weighted by Crippen LogP contribution is -1.94. The van der Waals surface area contributed by atoms with Crippen LogP contribution >= 0.6 is 0 Å². The number of rotatable bonds is 1. The molecular weight excluding hydrogens is 342 g/mol. The van der Waals surface area contributed by atoms with Gasteiger partial charge in [0, 0.05) is 23.4 Å². The fraction of sp³-hybridized carbons (Fsp3) is 0.0400. The van der Waals surface area contributed by atoms with Crippen molar-refractivity contribution in [3.05, 3.63) is 85.2 Å². The first-order valence-corrected chi connectivity index (χ1v) is 9.42. The lowest BCUT2D eigenvalue weighted by atomic mass is 10.0. The Morgan fingerprint density at radius 1 is 0.607 bits per heavy atom. The summed E-state index contributed by atoms with van der Waals surface area (Å²) in [5, 5.41) is 6.07. The zero-order valence-corrected chi connectivity index (χ0v) is 15.4. The predicted octanol–water partition coefficient (Wildman–Crippen LogP) is 6.09. The van der Waals surface area contributed by atoms with Gasteiger partial charge in [-0.1, -0.05) is 72.8 Å². The molecule has 0 amide bonds. The van der Waals surface area contributed by atoms with Crippen molar-refractivity contribution in [2.24, 2.45) is 7.05 Å². The summed E-state index contributed by atoms with van der Waals surface area (Å²) in [4.78, 5) is 9.40. The zero-order chi connectivity index (χ0) is 18.7. The molecule has 6 aromatic rings. The lowest BCUT2D eigenvalue weighted by molar-refractivity contribution is 1.01. The van der Waals surface area contributed by atoms with Crippen LogP contribution in [0.2, 0.25) is 0 Å². The lowest BCUT2D eigenvalue weighted by Gasteiger charge is -2.09. The van der Waals surface area contributed by atoms with Crippen LogP contribution in [0.5, 0.6) is 0 Å². The van der Waals surface area contributed by atoms with Crippen molar-refractivity contribution < 1.29 is 0 Å². The van der Waals surface area contributed by atoms with E-state index in [2.05, 4.69) is 95.5 Å². The summed E-state index contributed by atoms with van der Waals surface area (Å²) in [5.74, 6) is 0. The van der Waals surface area contributed by atoms with Crippen molar-refractivity contribution in [1.82, 2.24) is 14.5 Å². The van der Waals surface area contributed by atoms with Crippen molar-refractivity contribution in [3.8, 4) is 11.3 Å². The van der Waals surface area contributed by atoms with E-state index in [9.17, 15) is 0 Å². The fourth-order valence-electron chi connectivity index (χ4n) is 4.44. The van der Waals surface area contributed by atoms with Gasteiger partial charge in [-0.25, -0.2) is 9.97 Å². The van der Waals surface area contributed by atoms with Gasteiger partial charge in [-0.2, -0.15) is 0 Å². The third kappa shape index (κ3) is 1.99. The van der Waals surface area contributed by atoms with E-state index in [0.29, 0.717) is 0 Å². The maximum Gasteiger partial charge on any atom is 0.116 e. The predicted molar refractivity (Wildman–Crippen MR) is 116 cm³/mol. The highest BCUT2D eigenvalue weighted by atomic mass is 15.0. The monoisotopic (exact) mass is 359 g/mol. The van der Waals surface area contributed by atoms with Gasteiger partial charge < -0.3 is 4.57 Å². The molecule has 0 N–H and O–H groups in total. The van der Waals surface area contributed by atoms with Gasteiger partial charge in [0.05, 0.1) is 16.7 Å². The SMILES string of the molecule is Cn1c2c(-c3cccc4ccccc34)ncnc2c2ccc3ccccc3c21.